The normalized spacial score (nSPS) is 20.3. The van der Waals surface area contributed by atoms with E-state index in [2.05, 4.69) is 33.2 Å². The summed E-state index contributed by atoms with van der Waals surface area (Å²) in [5.41, 5.74) is 2.79. The van der Waals surface area contributed by atoms with Gasteiger partial charge in [0, 0.05) is 0 Å². The molecule has 136 valence electrons. The van der Waals surface area contributed by atoms with Gasteiger partial charge in [0.15, 0.2) is 11.6 Å². The fourth-order valence-corrected chi connectivity index (χ4v) is 3.97. The number of aryl methyl sites for hydroxylation is 1. The summed E-state index contributed by atoms with van der Waals surface area (Å²) in [4.78, 5) is 0. The smallest absolute Gasteiger partial charge is 0.387 e. The van der Waals surface area contributed by atoms with Gasteiger partial charge in [-0.1, -0.05) is 56.0 Å². The summed E-state index contributed by atoms with van der Waals surface area (Å²) in [7, 11) is 0. The molecule has 1 nitrogen and oxygen atoms in total. The van der Waals surface area contributed by atoms with Crippen molar-refractivity contribution in [1.82, 2.24) is 0 Å². The quantitative estimate of drug-likeness (QED) is 0.549. The molecule has 1 aliphatic carbocycles. The van der Waals surface area contributed by atoms with E-state index in [1.54, 1.807) is 6.07 Å². The molecule has 0 heterocycles. The average Bonchev–Trinajstić information content (AvgIpc) is 2.63. The largest absolute Gasteiger partial charge is 0.432 e. The summed E-state index contributed by atoms with van der Waals surface area (Å²) in [6.45, 7) is -3.03. The van der Waals surface area contributed by atoms with Gasteiger partial charge in [-0.15, -0.1) is 4.78 Å². The monoisotopic (exact) mass is 374 g/mol. The minimum atomic E-state index is -3.03. The van der Waals surface area contributed by atoms with Crippen LogP contribution in [0.2, 0.25) is 4.78 Å². The van der Waals surface area contributed by atoms with Crippen LogP contribution < -0.4 is 4.74 Å². The standard InChI is InChI=1S/C21H22F3O.Al/c22-19-14-18(12-13-20(19)25-21(23)24)17-10-8-16(9-11-17)7-6-15-4-2-1-3-5-15;/h1,8-15,21H,2-7H2;. The Morgan fingerprint density at radius 2 is 1.62 bits per heavy atom. The van der Waals surface area contributed by atoms with E-state index in [0.717, 1.165) is 22.7 Å². The number of hydrogen-bond acceptors (Lipinski definition) is 1. The molecule has 2 aromatic rings. The molecule has 0 atom stereocenters. The Kier molecular flexibility index (Phi) is 6.67. The molecule has 2 aromatic carbocycles. The summed E-state index contributed by atoms with van der Waals surface area (Å²) < 4.78 is 43.2. The van der Waals surface area contributed by atoms with Gasteiger partial charge in [-0.05, 0) is 47.6 Å². The van der Waals surface area contributed by atoms with E-state index in [9.17, 15) is 13.2 Å². The van der Waals surface area contributed by atoms with Crippen LogP contribution in [0.1, 0.15) is 37.7 Å². The molecule has 0 amide bonds. The van der Waals surface area contributed by atoms with E-state index in [4.69, 9.17) is 0 Å². The van der Waals surface area contributed by atoms with E-state index in [0.29, 0.717) is 5.56 Å². The highest BCUT2D eigenvalue weighted by atomic mass is 27.0. The highest BCUT2D eigenvalue weighted by Crippen LogP contribution is 2.33. The summed E-state index contributed by atoms with van der Waals surface area (Å²) in [5.74, 6) is -0.389. The van der Waals surface area contributed by atoms with Crippen molar-refractivity contribution in [3.05, 3.63) is 53.8 Å². The molecular weight excluding hydrogens is 352 g/mol. The lowest BCUT2D eigenvalue weighted by Gasteiger charge is -2.26. The van der Waals surface area contributed by atoms with Crippen molar-refractivity contribution in [1.29, 1.82) is 0 Å². The second-order valence-corrected chi connectivity index (χ2v) is 7.98. The third kappa shape index (κ3) is 5.28. The molecule has 3 rings (SSSR count). The molecule has 1 saturated carbocycles. The van der Waals surface area contributed by atoms with Gasteiger partial charge < -0.3 is 4.74 Å². The Bertz CT molecular complexity index is 710. The molecule has 0 N–H and O–H groups in total. The second kappa shape index (κ2) is 8.97. The first kappa shape index (κ1) is 19.3. The first-order valence-corrected chi connectivity index (χ1v) is 9.77. The van der Waals surface area contributed by atoms with Crippen molar-refractivity contribution >= 4 is 16.3 Å². The van der Waals surface area contributed by atoms with E-state index in [1.807, 2.05) is 12.1 Å². The average molecular weight is 374 g/mol. The Morgan fingerprint density at radius 3 is 2.23 bits per heavy atom. The van der Waals surface area contributed by atoms with Gasteiger partial charge in [-0.3, -0.25) is 0 Å². The van der Waals surface area contributed by atoms with Crippen LogP contribution in [0.5, 0.6) is 5.75 Å². The zero-order valence-corrected chi connectivity index (χ0v) is 15.8. The number of rotatable bonds is 6. The SMILES string of the molecule is Fc1cc(-c2ccc(CCC3CC[CH]([Al])CC3)cc2)ccc1OC(F)F. The summed E-state index contributed by atoms with van der Waals surface area (Å²) in [5, 5.41) is 0. The third-order valence-electron chi connectivity index (χ3n) is 5.17. The molecule has 1 fully saturated rings. The van der Waals surface area contributed by atoms with Crippen LogP contribution in [-0.2, 0) is 6.42 Å². The van der Waals surface area contributed by atoms with E-state index < -0.39 is 18.2 Å². The van der Waals surface area contributed by atoms with Crippen LogP contribution in [0.4, 0.5) is 13.2 Å². The molecule has 0 bridgehead atoms. The molecule has 0 saturated heterocycles. The van der Waals surface area contributed by atoms with Gasteiger partial charge in [-0.2, -0.15) is 8.78 Å². The fourth-order valence-electron chi connectivity index (χ4n) is 3.58. The predicted octanol–water partition coefficient (Wildman–Crippen LogP) is 6.17. The van der Waals surface area contributed by atoms with Gasteiger partial charge in [0.25, 0.3) is 0 Å². The summed E-state index contributed by atoms with van der Waals surface area (Å²) >= 11 is 2.94. The molecule has 0 aromatic heterocycles. The first-order chi connectivity index (χ1) is 12.5. The minimum Gasteiger partial charge on any atom is -0.432 e. The predicted molar refractivity (Wildman–Crippen MR) is 98.3 cm³/mol. The van der Waals surface area contributed by atoms with Gasteiger partial charge in [0.1, 0.15) is 16.3 Å². The van der Waals surface area contributed by atoms with Crippen LogP contribution >= 0.6 is 0 Å². The van der Waals surface area contributed by atoms with Crippen molar-refractivity contribution in [3.8, 4) is 16.9 Å². The van der Waals surface area contributed by atoms with Crippen molar-refractivity contribution < 1.29 is 17.9 Å². The maximum atomic E-state index is 13.9. The molecule has 0 aliphatic heterocycles. The van der Waals surface area contributed by atoms with Crippen LogP contribution in [0.25, 0.3) is 11.1 Å². The topological polar surface area (TPSA) is 9.23 Å². The lowest BCUT2D eigenvalue weighted by molar-refractivity contribution is -0.0521. The maximum absolute atomic E-state index is 13.9. The fraction of sp³-hybridized carbons (Fsp3) is 0.429. The van der Waals surface area contributed by atoms with Crippen molar-refractivity contribution in [2.45, 2.75) is 49.9 Å². The number of ether oxygens (including phenoxy) is 1. The van der Waals surface area contributed by atoms with E-state index in [-0.39, 0.29) is 0 Å². The lowest BCUT2D eigenvalue weighted by atomic mass is 9.85. The summed E-state index contributed by atoms with van der Waals surface area (Å²) in [6.07, 6.45) is 7.53. The molecular formula is C21H22AlF3O. The first-order valence-electron chi connectivity index (χ1n) is 9.10. The Morgan fingerprint density at radius 1 is 0.962 bits per heavy atom. The van der Waals surface area contributed by atoms with Gasteiger partial charge in [0.05, 0.1) is 0 Å². The highest BCUT2D eigenvalue weighted by molar-refractivity contribution is 6.11. The van der Waals surface area contributed by atoms with Gasteiger partial charge in [0.2, 0.25) is 0 Å². The van der Waals surface area contributed by atoms with E-state index >= 15 is 0 Å². The number of alkyl halides is 2. The number of halogens is 3. The minimum absolute atomic E-state index is 0.430. The Labute approximate surface area is 161 Å². The highest BCUT2D eigenvalue weighted by Gasteiger charge is 2.17. The van der Waals surface area contributed by atoms with Crippen LogP contribution in [0, 0.1) is 11.7 Å². The van der Waals surface area contributed by atoms with Crippen molar-refractivity contribution in [3.63, 3.8) is 0 Å². The van der Waals surface area contributed by atoms with Crippen molar-refractivity contribution in [2.24, 2.45) is 5.92 Å². The van der Waals surface area contributed by atoms with Gasteiger partial charge in [-0.25, -0.2) is 4.39 Å². The third-order valence-corrected chi connectivity index (χ3v) is 5.83. The molecule has 26 heavy (non-hydrogen) atoms. The van der Waals surface area contributed by atoms with Gasteiger partial charge >= 0.3 is 6.61 Å². The Balaban J connectivity index is 1.59. The van der Waals surface area contributed by atoms with Crippen LogP contribution in [-0.4, -0.2) is 22.9 Å². The summed E-state index contributed by atoms with van der Waals surface area (Å²) in [6, 6.07) is 12.1. The molecule has 0 spiro atoms. The molecule has 0 unspecified atom stereocenters. The van der Waals surface area contributed by atoms with E-state index in [1.165, 1.54) is 49.8 Å². The second-order valence-electron chi connectivity index (χ2n) is 7.04. The molecule has 2 radical (unpaired) electrons. The zero-order chi connectivity index (χ0) is 18.5. The van der Waals surface area contributed by atoms with Crippen molar-refractivity contribution in [2.75, 3.05) is 0 Å². The lowest BCUT2D eigenvalue weighted by Crippen LogP contribution is -2.11. The van der Waals surface area contributed by atoms with Crippen LogP contribution in [0.3, 0.4) is 0 Å². The Hall–Kier alpha value is -1.44. The maximum Gasteiger partial charge on any atom is 0.387 e. The number of benzene rings is 2. The molecule has 1 aliphatic rings. The van der Waals surface area contributed by atoms with Crippen LogP contribution in [0.15, 0.2) is 42.5 Å². The number of hydrogen-bond donors (Lipinski definition) is 0. The molecule has 5 heteroatoms. The zero-order valence-electron chi connectivity index (χ0n) is 14.6.